The first-order chi connectivity index (χ1) is 10.6. The SMILES string of the molecule is Cc1cc(Cl)cc(O)c1-c1ccc(CO[C@H]2CCOC2)nn1. The lowest BCUT2D eigenvalue weighted by Crippen LogP contribution is -2.12. The number of phenolic OH excluding ortho intramolecular Hbond substituents is 1. The Morgan fingerprint density at radius 1 is 1.36 bits per heavy atom. The van der Waals surface area contributed by atoms with Crippen LogP contribution < -0.4 is 0 Å². The minimum Gasteiger partial charge on any atom is -0.507 e. The molecule has 0 bridgehead atoms. The van der Waals surface area contributed by atoms with E-state index >= 15 is 0 Å². The molecular weight excluding hydrogens is 304 g/mol. The second kappa shape index (κ2) is 6.60. The van der Waals surface area contributed by atoms with Crippen LogP contribution in [-0.2, 0) is 16.1 Å². The predicted molar refractivity (Wildman–Crippen MR) is 82.9 cm³/mol. The van der Waals surface area contributed by atoms with Gasteiger partial charge in [0.15, 0.2) is 0 Å². The average molecular weight is 321 g/mol. The Labute approximate surface area is 133 Å². The van der Waals surface area contributed by atoms with Gasteiger partial charge in [-0.3, -0.25) is 0 Å². The Bertz CT molecular complexity index is 632. The van der Waals surface area contributed by atoms with E-state index in [0.717, 1.165) is 24.3 Å². The molecule has 1 aromatic heterocycles. The molecule has 2 heterocycles. The molecule has 1 N–H and O–H groups in total. The number of rotatable bonds is 4. The van der Waals surface area contributed by atoms with E-state index in [0.29, 0.717) is 29.5 Å². The second-order valence-electron chi connectivity index (χ2n) is 5.32. The zero-order valence-corrected chi connectivity index (χ0v) is 13.0. The number of phenols is 1. The zero-order valence-electron chi connectivity index (χ0n) is 12.3. The lowest BCUT2D eigenvalue weighted by molar-refractivity contribution is 0.0298. The van der Waals surface area contributed by atoms with E-state index in [2.05, 4.69) is 10.2 Å². The first-order valence-corrected chi connectivity index (χ1v) is 7.52. The van der Waals surface area contributed by atoms with Gasteiger partial charge in [0.1, 0.15) is 5.75 Å². The molecule has 5 nitrogen and oxygen atoms in total. The maximum atomic E-state index is 10.1. The molecule has 0 unspecified atom stereocenters. The van der Waals surface area contributed by atoms with Crippen molar-refractivity contribution in [2.75, 3.05) is 13.2 Å². The zero-order chi connectivity index (χ0) is 15.5. The number of halogens is 1. The fourth-order valence-electron chi connectivity index (χ4n) is 2.48. The second-order valence-corrected chi connectivity index (χ2v) is 5.76. The molecule has 0 radical (unpaired) electrons. The topological polar surface area (TPSA) is 64.5 Å². The van der Waals surface area contributed by atoms with Crippen LogP contribution in [0.15, 0.2) is 24.3 Å². The van der Waals surface area contributed by atoms with E-state index in [1.807, 2.05) is 19.1 Å². The van der Waals surface area contributed by atoms with Gasteiger partial charge in [0.05, 0.1) is 30.7 Å². The van der Waals surface area contributed by atoms with Crippen molar-refractivity contribution in [3.8, 4) is 17.0 Å². The number of hydrogen-bond acceptors (Lipinski definition) is 5. The van der Waals surface area contributed by atoms with E-state index in [9.17, 15) is 5.11 Å². The summed E-state index contributed by atoms with van der Waals surface area (Å²) in [6.07, 6.45) is 1.06. The molecule has 1 atom stereocenters. The van der Waals surface area contributed by atoms with Gasteiger partial charge in [-0.15, -0.1) is 0 Å². The van der Waals surface area contributed by atoms with E-state index in [4.69, 9.17) is 21.1 Å². The number of aromatic nitrogens is 2. The van der Waals surface area contributed by atoms with Crippen LogP contribution in [0.2, 0.25) is 5.02 Å². The third kappa shape index (κ3) is 3.38. The highest BCUT2D eigenvalue weighted by atomic mass is 35.5. The van der Waals surface area contributed by atoms with Crippen LogP contribution >= 0.6 is 11.6 Å². The fourth-order valence-corrected chi connectivity index (χ4v) is 2.74. The third-order valence-electron chi connectivity index (χ3n) is 3.61. The summed E-state index contributed by atoms with van der Waals surface area (Å²) in [5.74, 6) is 0.103. The van der Waals surface area contributed by atoms with Crippen LogP contribution in [-0.4, -0.2) is 34.6 Å². The van der Waals surface area contributed by atoms with Gasteiger partial charge in [-0.05, 0) is 43.2 Å². The highest BCUT2D eigenvalue weighted by molar-refractivity contribution is 6.31. The van der Waals surface area contributed by atoms with Gasteiger partial charge in [-0.1, -0.05) is 11.6 Å². The molecule has 1 aromatic carbocycles. The molecule has 0 amide bonds. The van der Waals surface area contributed by atoms with E-state index in [-0.39, 0.29) is 11.9 Å². The largest absolute Gasteiger partial charge is 0.507 e. The van der Waals surface area contributed by atoms with Crippen molar-refractivity contribution in [3.05, 3.63) is 40.5 Å². The van der Waals surface area contributed by atoms with Gasteiger partial charge in [-0.25, -0.2) is 0 Å². The predicted octanol–water partition coefficient (Wildman–Crippen LogP) is 3.12. The van der Waals surface area contributed by atoms with Gasteiger partial charge < -0.3 is 14.6 Å². The Kier molecular flexibility index (Phi) is 4.57. The van der Waals surface area contributed by atoms with Crippen molar-refractivity contribution in [3.63, 3.8) is 0 Å². The summed E-state index contributed by atoms with van der Waals surface area (Å²) in [5.41, 5.74) is 2.86. The van der Waals surface area contributed by atoms with Crippen LogP contribution in [0.3, 0.4) is 0 Å². The molecule has 3 rings (SSSR count). The van der Waals surface area contributed by atoms with Gasteiger partial charge in [0, 0.05) is 17.2 Å². The Hall–Kier alpha value is -1.69. The fraction of sp³-hybridized carbons (Fsp3) is 0.375. The molecule has 6 heteroatoms. The van der Waals surface area contributed by atoms with Crippen LogP contribution in [0.4, 0.5) is 0 Å². The lowest BCUT2D eigenvalue weighted by atomic mass is 10.0. The van der Waals surface area contributed by atoms with Gasteiger partial charge in [0.2, 0.25) is 0 Å². The van der Waals surface area contributed by atoms with Crippen LogP contribution in [0, 0.1) is 6.92 Å². The Morgan fingerprint density at radius 3 is 2.86 bits per heavy atom. The summed E-state index contributed by atoms with van der Waals surface area (Å²) in [6, 6.07) is 6.97. The van der Waals surface area contributed by atoms with Crippen LogP contribution in [0.25, 0.3) is 11.3 Å². The molecule has 1 fully saturated rings. The highest BCUT2D eigenvalue weighted by Gasteiger charge is 2.16. The number of aromatic hydroxyl groups is 1. The average Bonchev–Trinajstić information content (AvgIpc) is 2.98. The molecule has 22 heavy (non-hydrogen) atoms. The maximum absolute atomic E-state index is 10.1. The third-order valence-corrected chi connectivity index (χ3v) is 3.83. The molecular formula is C16H17ClN2O3. The minimum atomic E-state index is 0.103. The summed E-state index contributed by atoms with van der Waals surface area (Å²) in [5, 5.41) is 18.9. The lowest BCUT2D eigenvalue weighted by Gasteiger charge is -2.10. The smallest absolute Gasteiger partial charge is 0.126 e. The van der Waals surface area contributed by atoms with E-state index in [1.54, 1.807) is 6.07 Å². The maximum Gasteiger partial charge on any atom is 0.126 e. The van der Waals surface area contributed by atoms with Crippen molar-refractivity contribution in [1.29, 1.82) is 0 Å². The summed E-state index contributed by atoms with van der Waals surface area (Å²) in [4.78, 5) is 0. The first-order valence-electron chi connectivity index (χ1n) is 7.15. The van der Waals surface area contributed by atoms with E-state index in [1.165, 1.54) is 6.07 Å². The number of aryl methyl sites for hydroxylation is 1. The van der Waals surface area contributed by atoms with Crippen molar-refractivity contribution in [1.82, 2.24) is 10.2 Å². The Balaban J connectivity index is 1.74. The molecule has 0 aliphatic carbocycles. The van der Waals surface area contributed by atoms with Crippen molar-refractivity contribution in [2.45, 2.75) is 26.1 Å². The molecule has 0 spiro atoms. The molecule has 116 valence electrons. The van der Waals surface area contributed by atoms with Crippen LogP contribution in [0.1, 0.15) is 17.7 Å². The van der Waals surface area contributed by atoms with Crippen molar-refractivity contribution >= 4 is 11.6 Å². The summed E-state index contributed by atoms with van der Waals surface area (Å²) >= 11 is 5.92. The molecule has 1 saturated heterocycles. The number of nitrogens with zero attached hydrogens (tertiary/aromatic N) is 2. The van der Waals surface area contributed by atoms with Crippen molar-refractivity contribution < 1.29 is 14.6 Å². The molecule has 1 aliphatic rings. The van der Waals surface area contributed by atoms with Gasteiger partial charge >= 0.3 is 0 Å². The monoisotopic (exact) mass is 320 g/mol. The van der Waals surface area contributed by atoms with Gasteiger partial charge in [0.25, 0.3) is 0 Å². The number of hydrogen-bond donors (Lipinski definition) is 1. The standard InChI is InChI=1S/C16H17ClN2O3/c1-10-6-11(17)7-15(20)16(10)14-3-2-12(18-19-14)8-22-13-4-5-21-9-13/h2-3,6-7,13,20H,4-5,8-9H2,1H3/t13-/m0/s1. The first kappa shape index (κ1) is 15.2. The van der Waals surface area contributed by atoms with Gasteiger partial charge in [-0.2, -0.15) is 10.2 Å². The summed E-state index contributed by atoms with van der Waals surface area (Å²) in [7, 11) is 0. The van der Waals surface area contributed by atoms with E-state index < -0.39 is 0 Å². The summed E-state index contributed by atoms with van der Waals surface area (Å²) in [6.45, 7) is 3.68. The molecule has 0 saturated carbocycles. The van der Waals surface area contributed by atoms with Crippen LogP contribution in [0.5, 0.6) is 5.75 Å². The van der Waals surface area contributed by atoms with Crippen molar-refractivity contribution in [2.24, 2.45) is 0 Å². The highest BCUT2D eigenvalue weighted by Crippen LogP contribution is 2.33. The summed E-state index contributed by atoms with van der Waals surface area (Å²) < 4.78 is 11.0. The Morgan fingerprint density at radius 2 is 2.23 bits per heavy atom. The number of benzene rings is 1. The number of ether oxygens (including phenoxy) is 2. The quantitative estimate of drug-likeness (QED) is 0.937. The normalized spacial score (nSPS) is 17.8. The molecule has 2 aromatic rings. The minimum absolute atomic E-state index is 0.103. The molecule has 1 aliphatic heterocycles.